The Morgan fingerprint density at radius 2 is 2.47 bits per heavy atom. The van der Waals surface area contributed by atoms with Gasteiger partial charge >= 0.3 is 5.97 Å². The number of esters is 1. The smallest absolute Gasteiger partial charge is 0.313 e. The predicted octanol–water partition coefficient (Wildman–Crippen LogP) is 0.615. The van der Waals surface area contributed by atoms with Gasteiger partial charge in [0.2, 0.25) is 5.95 Å². The van der Waals surface area contributed by atoms with Crippen molar-refractivity contribution in [3.8, 4) is 0 Å². The van der Waals surface area contributed by atoms with Crippen LogP contribution in [-0.4, -0.2) is 40.8 Å². The van der Waals surface area contributed by atoms with Gasteiger partial charge in [0.15, 0.2) is 5.82 Å². The molecule has 0 saturated carbocycles. The third-order valence-corrected chi connectivity index (χ3v) is 2.53. The number of aromatic nitrogens is 3. The molecule has 1 aromatic rings. The molecule has 0 amide bonds. The standard InChI is InChI=1S/C9H12F2N4O2/c1-17-7(16)4-6-13-9-12-3-2-5(8(10)11)15(9)14-6/h5,8H,2-4H2,1H3,(H,12,13,14). The second kappa shape index (κ2) is 4.64. The van der Waals surface area contributed by atoms with Crippen LogP contribution in [0, 0.1) is 0 Å². The Kier molecular flexibility index (Phi) is 3.21. The van der Waals surface area contributed by atoms with Crippen LogP contribution in [0.5, 0.6) is 0 Å². The number of rotatable bonds is 3. The van der Waals surface area contributed by atoms with Crippen LogP contribution in [-0.2, 0) is 16.0 Å². The van der Waals surface area contributed by atoms with Crippen molar-refractivity contribution in [2.45, 2.75) is 25.3 Å². The van der Waals surface area contributed by atoms with Gasteiger partial charge in [-0.2, -0.15) is 10.1 Å². The molecule has 0 aromatic carbocycles. The van der Waals surface area contributed by atoms with Crippen LogP contribution in [0.1, 0.15) is 18.3 Å². The molecule has 1 atom stereocenters. The summed E-state index contributed by atoms with van der Waals surface area (Å²) in [6.45, 7) is 0.422. The topological polar surface area (TPSA) is 69.0 Å². The molecule has 17 heavy (non-hydrogen) atoms. The first-order valence-corrected chi connectivity index (χ1v) is 5.16. The molecule has 1 N–H and O–H groups in total. The SMILES string of the molecule is COC(=O)Cc1nc2n(n1)C(C(F)F)CCN2. The number of methoxy groups -OCH3 is 1. The molecule has 0 radical (unpaired) electrons. The van der Waals surface area contributed by atoms with Crippen LogP contribution >= 0.6 is 0 Å². The number of fused-ring (bicyclic) bond motifs is 1. The van der Waals surface area contributed by atoms with Crippen LogP contribution in [0.4, 0.5) is 14.7 Å². The maximum absolute atomic E-state index is 12.7. The van der Waals surface area contributed by atoms with E-state index < -0.39 is 18.4 Å². The van der Waals surface area contributed by atoms with Crippen molar-refractivity contribution >= 4 is 11.9 Å². The highest BCUT2D eigenvalue weighted by Gasteiger charge is 2.30. The Morgan fingerprint density at radius 1 is 1.71 bits per heavy atom. The largest absolute Gasteiger partial charge is 0.469 e. The molecule has 1 aliphatic heterocycles. The van der Waals surface area contributed by atoms with Crippen molar-refractivity contribution in [2.75, 3.05) is 19.0 Å². The zero-order chi connectivity index (χ0) is 12.4. The van der Waals surface area contributed by atoms with Gasteiger partial charge in [-0.1, -0.05) is 0 Å². The number of halogens is 2. The Hall–Kier alpha value is -1.73. The van der Waals surface area contributed by atoms with Crippen molar-refractivity contribution in [3.05, 3.63) is 5.82 Å². The summed E-state index contributed by atoms with van der Waals surface area (Å²) in [4.78, 5) is 15.0. The summed E-state index contributed by atoms with van der Waals surface area (Å²) in [5.74, 6) is -0.0334. The molecule has 0 saturated heterocycles. The van der Waals surface area contributed by atoms with Gasteiger partial charge in [-0.05, 0) is 6.42 Å². The molecule has 1 unspecified atom stereocenters. The van der Waals surface area contributed by atoms with E-state index in [1.165, 1.54) is 7.11 Å². The van der Waals surface area contributed by atoms with E-state index in [0.717, 1.165) is 4.68 Å². The van der Waals surface area contributed by atoms with E-state index in [1.807, 2.05) is 0 Å². The fourth-order valence-electron chi connectivity index (χ4n) is 1.68. The number of anilines is 1. The summed E-state index contributed by atoms with van der Waals surface area (Å²) in [7, 11) is 1.25. The van der Waals surface area contributed by atoms with Crippen LogP contribution in [0.3, 0.4) is 0 Å². The molecule has 0 bridgehead atoms. The average molecular weight is 246 g/mol. The Balaban J connectivity index is 2.21. The van der Waals surface area contributed by atoms with Gasteiger partial charge in [0.25, 0.3) is 6.43 Å². The minimum Gasteiger partial charge on any atom is -0.469 e. The van der Waals surface area contributed by atoms with Crippen LogP contribution in [0.15, 0.2) is 0 Å². The first-order valence-electron chi connectivity index (χ1n) is 5.16. The monoisotopic (exact) mass is 246 g/mol. The molecule has 8 heteroatoms. The number of ether oxygens (including phenoxy) is 1. The zero-order valence-corrected chi connectivity index (χ0v) is 9.19. The predicted molar refractivity (Wildman–Crippen MR) is 53.9 cm³/mol. The summed E-state index contributed by atoms with van der Waals surface area (Å²) < 4.78 is 31.1. The van der Waals surface area contributed by atoms with Gasteiger partial charge in [0.05, 0.1) is 7.11 Å². The third-order valence-electron chi connectivity index (χ3n) is 2.53. The summed E-state index contributed by atoms with van der Waals surface area (Å²) >= 11 is 0. The quantitative estimate of drug-likeness (QED) is 0.791. The normalized spacial score (nSPS) is 18.7. The minimum atomic E-state index is -2.50. The van der Waals surface area contributed by atoms with Crippen molar-refractivity contribution in [1.29, 1.82) is 0 Å². The third kappa shape index (κ3) is 2.34. The number of carbonyl (C=O) groups is 1. The Labute approximate surface area is 96.0 Å². The molecule has 6 nitrogen and oxygen atoms in total. The molecule has 0 aliphatic carbocycles. The van der Waals surface area contributed by atoms with Crippen LogP contribution in [0.2, 0.25) is 0 Å². The number of hydrogen-bond donors (Lipinski definition) is 1. The highest BCUT2D eigenvalue weighted by atomic mass is 19.3. The number of carbonyl (C=O) groups excluding carboxylic acids is 1. The first-order chi connectivity index (χ1) is 8.11. The van der Waals surface area contributed by atoms with E-state index in [2.05, 4.69) is 20.1 Å². The molecule has 2 rings (SSSR count). The Bertz CT molecular complexity index is 421. The summed E-state index contributed by atoms with van der Waals surface area (Å²) in [6.07, 6.45) is -2.33. The van der Waals surface area contributed by atoms with Gasteiger partial charge < -0.3 is 10.1 Å². The van der Waals surface area contributed by atoms with Gasteiger partial charge in [0.1, 0.15) is 12.5 Å². The molecule has 1 aliphatic rings. The van der Waals surface area contributed by atoms with E-state index in [4.69, 9.17) is 0 Å². The van der Waals surface area contributed by atoms with Crippen molar-refractivity contribution in [2.24, 2.45) is 0 Å². The van der Waals surface area contributed by atoms with E-state index in [0.29, 0.717) is 6.54 Å². The molecule has 2 heterocycles. The van der Waals surface area contributed by atoms with Crippen molar-refractivity contribution in [3.63, 3.8) is 0 Å². The van der Waals surface area contributed by atoms with Gasteiger partial charge in [0, 0.05) is 6.54 Å². The average Bonchev–Trinajstić information content (AvgIpc) is 2.70. The molecular weight excluding hydrogens is 234 g/mol. The highest BCUT2D eigenvalue weighted by Crippen LogP contribution is 2.27. The van der Waals surface area contributed by atoms with E-state index in [9.17, 15) is 13.6 Å². The van der Waals surface area contributed by atoms with Gasteiger partial charge in [-0.3, -0.25) is 4.79 Å². The Morgan fingerprint density at radius 3 is 3.12 bits per heavy atom. The fraction of sp³-hybridized carbons (Fsp3) is 0.667. The van der Waals surface area contributed by atoms with E-state index in [1.54, 1.807) is 0 Å². The molecule has 94 valence electrons. The minimum absolute atomic E-state index is 0.117. The second-order valence-corrected chi connectivity index (χ2v) is 3.67. The van der Waals surface area contributed by atoms with E-state index >= 15 is 0 Å². The molecule has 1 aromatic heterocycles. The second-order valence-electron chi connectivity index (χ2n) is 3.67. The number of alkyl halides is 2. The molecule has 0 fully saturated rings. The first kappa shape index (κ1) is 11.7. The van der Waals surface area contributed by atoms with Gasteiger partial charge in [-0.15, -0.1) is 0 Å². The fourth-order valence-corrected chi connectivity index (χ4v) is 1.68. The lowest BCUT2D eigenvalue weighted by molar-refractivity contribution is -0.139. The lowest BCUT2D eigenvalue weighted by Gasteiger charge is -2.23. The molecule has 0 spiro atoms. The summed E-state index contributed by atoms with van der Waals surface area (Å²) in [5, 5.41) is 6.77. The summed E-state index contributed by atoms with van der Waals surface area (Å²) in [6, 6.07) is -0.981. The zero-order valence-electron chi connectivity index (χ0n) is 9.19. The number of nitrogens with one attached hydrogen (secondary N) is 1. The highest BCUT2D eigenvalue weighted by molar-refractivity contribution is 5.71. The van der Waals surface area contributed by atoms with Crippen molar-refractivity contribution in [1.82, 2.24) is 14.8 Å². The van der Waals surface area contributed by atoms with Crippen molar-refractivity contribution < 1.29 is 18.3 Å². The van der Waals surface area contributed by atoms with E-state index in [-0.39, 0.29) is 24.6 Å². The molecular formula is C9H12F2N4O2. The number of nitrogens with zero attached hydrogens (tertiary/aromatic N) is 3. The lowest BCUT2D eigenvalue weighted by atomic mass is 10.2. The lowest BCUT2D eigenvalue weighted by Crippen LogP contribution is -2.28. The van der Waals surface area contributed by atoms with Crippen LogP contribution in [0.25, 0.3) is 0 Å². The summed E-state index contributed by atoms with van der Waals surface area (Å²) in [5.41, 5.74) is 0. The number of hydrogen-bond acceptors (Lipinski definition) is 5. The van der Waals surface area contributed by atoms with Gasteiger partial charge in [-0.25, -0.2) is 13.5 Å². The van der Waals surface area contributed by atoms with Crippen LogP contribution < -0.4 is 5.32 Å². The maximum Gasteiger partial charge on any atom is 0.313 e. The maximum atomic E-state index is 12.7.